The molecule has 4 heteroatoms. The standard InChI is InChI=1S/C40H44N4/c1-25-29-13-17-33-35-19-15-31-27(3)44(24-12-8-6-10-22-42)28(4)32-16-20-36(40(35)38(31)32)34-18-14-30(37(29)39(33)34)26(2)43(25)23-11-7-5-9-21-41/h13-20H,1-12,21-24,41-42H2. The third-order valence-corrected chi connectivity index (χ3v) is 10.1. The van der Waals surface area contributed by atoms with E-state index in [0.29, 0.717) is 0 Å². The fraction of sp³-hybridized carbons (Fsp3) is 0.300. The highest BCUT2D eigenvalue weighted by atomic mass is 15.2. The first-order valence-electron chi connectivity index (χ1n) is 16.4. The lowest BCUT2D eigenvalue weighted by Gasteiger charge is -2.36. The van der Waals surface area contributed by atoms with Gasteiger partial charge >= 0.3 is 0 Å². The molecule has 2 aliphatic rings. The molecule has 0 atom stereocenters. The van der Waals surface area contributed by atoms with Crippen LogP contribution in [-0.2, 0) is 0 Å². The van der Waals surface area contributed by atoms with Gasteiger partial charge in [-0.2, -0.15) is 0 Å². The van der Waals surface area contributed by atoms with Gasteiger partial charge in [-0.1, -0.05) is 101 Å². The Morgan fingerprint density at radius 2 is 0.682 bits per heavy atom. The van der Waals surface area contributed by atoms with Crippen molar-refractivity contribution in [3.63, 3.8) is 0 Å². The van der Waals surface area contributed by atoms with Crippen LogP contribution in [0.1, 0.15) is 73.6 Å². The Kier molecular flexibility index (Phi) is 7.44. The minimum absolute atomic E-state index is 0.764. The van der Waals surface area contributed by atoms with E-state index in [-0.39, 0.29) is 0 Å². The highest BCUT2D eigenvalue weighted by Crippen LogP contribution is 2.51. The Morgan fingerprint density at radius 3 is 0.977 bits per heavy atom. The maximum atomic E-state index is 5.71. The van der Waals surface area contributed by atoms with Gasteiger partial charge in [0, 0.05) is 68.9 Å². The predicted molar refractivity (Wildman–Crippen MR) is 192 cm³/mol. The van der Waals surface area contributed by atoms with Gasteiger partial charge in [-0.15, -0.1) is 0 Å². The molecule has 4 nitrogen and oxygen atoms in total. The van der Waals surface area contributed by atoms with Crippen molar-refractivity contribution >= 4 is 65.9 Å². The molecule has 0 unspecified atom stereocenters. The average molecular weight is 581 g/mol. The average Bonchev–Trinajstić information content (AvgIpc) is 3.04. The van der Waals surface area contributed by atoms with Gasteiger partial charge in [-0.25, -0.2) is 0 Å². The molecule has 0 radical (unpaired) electrons. The highest BCUT2D eigenvalue weighted by Gasteiger charge is 2.30. The van der Waals surface area contributed by atoms with Crippen LogP contribution >= 0.6 is 0 Å². The highest BCUT2D eigenvalue weighted by molar-refractivity contribution is 6.36. The minimum atomic E-state index is 0.764. The summed E-state index contributed by atoms with van der Waals surface area (Å²) in [5.41, 5.74) is 20.5. The van der Waals surface area contributed by atoms with Crippen molar-refractivity contribution < 1.29 is 0 Å². The lowest BCUT2D eigenvalue weighted by molar-refractivity contribution is 0.505. The summed E-state index contributed by atoms with van der Waals surface area (Å²) >= 11 is 0. The van der Waals surface area contributed by atoms with Crippen LogP contribution in [-0.4, -0.2) is 36.0 Å². The van der Waals surface area contributed by atoms with Crippen molar-refractivity contribution in [2.75, 3.05) is 26.2 Å². The first-order chi connectivity index (χ1) is 21.5. The molecule has 44 heavy (non-hydrogen) atoms. The van der Waals surface area contributed by atoms with Gasteiger partial charge in [0.15, 0.2) is 0 Å². The Labute approximate surface area is 261 Å². The molecule has 0 spiro atoms. The van der Waals surface area contributed by atoms with Gasteiger partial charge in [0.1, 0.15) is 0 Å². The van der Waals surface area contributed by atoms with Gasteiger partial charge in [-0.3, -0.25) is 0 Å². The molecular formula is C40H44N4. The summed E-state index contributed by atoms with van der Waals surface area (Å²) in [6.45, 7) is 21.7. The summed E-state index contributed by atoms with van der Waals surface area (Å²) < 4.78 is 0. The summed E-state index contributed by atoms with van der Waals surface area (Å²) in [6, 6.07) is 18.4. The number of fused-ring (bicyclic) bond motifs is 2. The number of hydrogen-bond acceptors (Lipinski definition) is 4. The lowest BCUT2D eigenvalue weighted by Crippen LogP contribution is -2.25. The molecule has 0 saturated carbocycles. The van der Waals surface area contributed by atoms with E-state index < -0.39 is 0 Å². The number of rotatable bonds is 12. The van der Waals surface area contributed by atoms with Gasteiger partial charge in [0.05, 0.1) is 0 Å². The Balaban J connectivity index is 1.33. The summed E-state index contributed by atoms with van der Waals surface area (Å²) in [5, 5.41) is 10.3. The number of nitrogens with zero attached hydrogens (tertiary/aromatic N) is 2. The third-order valence-electron chi connectivity index (χ3n) is 10.1. The maximum absolute atomic E-state index is 5.71. The van der Waals surface area contributed by atoms with E-state index in [1.54, 1.807) is 0 Å². The van der Waals surface area contributed by atoms with Crippen molar-refractivity contribution in [1.29, 1.82) is 0 Å². The van der Waals surface area contributed by atoms with E-state index in [2.05, 4.69) is 84.6 Å². The molecule has 0 aromatic heterocycles. The van der Waals surface area contributed by atoms with Crippen LogP contribution in [0.2, 0.25) is 0 Å². The van der Waals surface area contributed by atoms with Crippen molar-refractivity contribution in [1.82, 2.24) is 9.80 Å². The molecular weight excluding hydrogens is 536 g/mol. The summed E-state index contributed by atoms with van der Waals surface area (Å²) in [7, 11) is 0. The molecule has 0 aliphatic carbocycles. The summed E-state index contributed by atoms with van der Waals surface area (Å²) in [4.78, 5) is 4.65. The number of benzene rings is 5. The molecule has 0 amide bonds. The van der Waals surface area contributed by atoms with Crippen LogP contribution < -0.4 is 11.5 Å². The maximum Gasteiger partial charge on any atom is 0.0417 e. The second-order valence-electron chi connectivity index (χ2n) is 12.6. The van der Waals surface area contributed by atoms with Crippen molar-refractivity contribution in [3.8, 4) is 0 Å². The lowest BCUT2D eigenvalue weighted by atomic mass is 9.81. The van der Waals surface area contributed by atoms with Crippen molar-refractivity contribution in [2.45, 2.75) is 51.4 Å². The molecule has 4 N–H and O–H groups in total. The summed E-state index contributed by atoms with van der Waals surface area (Å²) in [6.07, 6.45) is 9.07. The molecule has 5 aromatic rings. The quantitative estimate of drug-likeness (QED) is 0.0877. The number of hydrogen-bond donors (Lipinski definition) is 2. The molecule has 0 saturated heterocycles. The second-order valence-corrected chi connectivity index (χ2v) is 12.6. The zero-order valence-electron chi connectivity index (χ0n) is 26.0. The van der Waals surface area contributed by atoms with Crippen LogP contribution in [0.5, 0.6) is 0 Å². The number of nitrogens with two attached hydrogens (primary N) is 2. The molecule has 2 aliphatic heterocycles. The smallest absolute Gasteiger partial charge is 0.0417 e. The van der Waals surface area contributed by atoms with E-state index >= 15 is 0 Å². The van der Waals surface area contributed by atoms with Crippen molar-refractivity contribution in [3.05, 3.63) is 97.1 Å². The minimum Gasteiger partial charge on any atom is -0.341 e. The third kappa shape index (κ3) is 4.27. The van der Waals surface area contributed by atoms with Crippen molar-refractivity contribution in [2.24, 2.45) is 11.5 Å². The van der Waals surface area contributed by atoms with Crippen LogP contribution in [0.4, 0.5) is 0 Å². The van der Waals surface area contributed by atoms with E-state index in [0.717, 1.165) is 74.7 Å². The van der Waals surface area contributed by atoms with Crippen LogP contribution in [0.15, 0.2) is 74.8 Å². The SMILES string of the molecule is C=C1c2ccc3c4ccc5c6c(ccc(c7ccc(c2c37)C(=C)N1CCCCCCN)c64)C(=C)N(CCCCCCN)C5=C. The van der Waals surface area contributed by atoms with Gasteiger partial charge in [0.25, 0.3) is 0 Å². The van der Waals surface area contributed by atoms with Crippen LogP contribution in [0.25, 0.3) is 65.9 Å². The Morgan fingerprint density at radius 1 is 0.386 bits per heavy atom. The zero-order chi connectivity index (χ0) is 30.5. The van der Waals surface area contributed by atoms with E-state index in [9.17, 15) is 0 Å². The van der Waals surface area contributed by atoms with Crippen LogP contribution in [0, 0.1) is 0 Å². The molecule has 0 fully saturated rings. The summed E-state index contributed by atoms with van der Waals surface area (Å²) in [5.74, 6) is 0. The molecule has 7 rings (SSSR count). The number of unbranched alkanes of at least 4 members (excludes halogenated alkanes) is 6. The molecule has 5 aromatic carbocycles. The molecule has 2 heterocycles. The Bertz CT molecular complexity index is 1720. The first kappa shape index (κ1) is 28.6. The fourth-order valence-electron chi connectivity index (χ4n) is 7.83. The van der Waals surface area contributed by atoms with Crippen LogP contribution in [0.3, 0.4) is 0 Å². The first-order valence-corrected chi connectivity index (χ1v) is 16.4. The topological polar surface area (TPSA) is 58.5 Å². The molecule has 0 bridgehead atoms. The van der Waals surface area contributed by atoms with E-state index in [1.165, 1.54) is 91.0 Å². The normalized spacial score (nSPS) is 14.9. The van der Waals surface area contributed by atoms with Gasteiger partial charge in [-0.05, 0) is 71.1 Å². The Hall–Kier alpha value is -4.12. The van der Waals surface area contributed by atoms with E-state index in [4.69, 9.17) is 11.5 Å². The predicted octanol–water partition coefficient (Wildman–Crippen LogP) is 9.29. The fourth-order valence-corrected chi connectivity index (χ4v) is 7.83. The molecule has 224 valence electrons. The van der Waals surface area contributed by atoms with Gasteiger partial charge < -0.3 is 21.3 Å². The largest absolute Gasteiger partial charge is 0.341 e. The zero-order valence-corrected chi connectivity index (χ0v) is 26.0. The monoisotopic (exact) mass is 580 g/mol. The van der Waals surface area contributed by atoms with E-state index in [1.807, 2.05) is 0 Å². The second kappa shape index (κ2) is 11.4. The van der Waals surface area contributed by atoms with Gasteiger partial charge in [0.2, 0.25) is 0 Å².